The molecule has 1 unspecified atom stereocenters. The first-order chi connectivity index (χ1) is 17.9. The normalized spacial score (nSPS) is 13.7. The van der Waals surface area contributed by atoms with Crippen molar-refractivity contribution in [2.75, 3.05) is 27.0 Å². The molecule has 0 amide bonds. The number of aromatic nitrogens is 1. The van der Waals surface area contributed by atoms with Crippen molar-refractivity contribution in [3.63, 3.8) is 0 Å². The maximum Gasteiger partial charge on any atom is 0.0928 e. The van der Waals surface area contributed by atoms with Crippen LogP contribution in [0.5, 0.6) is 0 Å². The zero-order chi connectivity index (χ0) is 27.6. The molecular weight excluding hydrogens is 519 g/mol. The van der Waals surface area contributed by atoms with Gasteiger partial charge in [-0.15, -0.1) is 11.8 Å². The van der Waals surface area contributed by atoms with Crippen LogP contribution in [0.4, 0.5) is 0 Å². The maximum atomic E-state index is 9.51. The number of rotatable bonds is 19. The van der Waals surface area contributed by atoms with Crippen LogP contribution in [0.15, 0.2) is 39.9 Å². The highest BCUT2D eigenvalue weighted by Crippen LogP contribution is 2.39. The van der Waals surface area contributed by atoms with E-state index < -0.39 is 0 Å². The van der Waals surface area contributed by atoms with Gasteiger partial charge in [0.1, 0.15) is 0 Å². The van der Waals surface area contributed by atoms with E-state index in [-0.39, 0.29) is 11.2 Å². The van der Waals surface area contributed by atoms with Gasteiger partial charge in [-0.1, -0.05) is 38.5 Å². The van der Waals surface area contributed by atoms with Crippen molar-refractivity contribution in [2.45, 2.75) is 75.8 Å². The van der Waals surface area contributed by atoms with Crippen molar-refractivity contribution in [1.82, 2.24) is 14.6 Å². The summed E-state index contributed by atoms with van der Waals surface area (Å²) in [6.45, 7) is 14.1. The number of unbranched alkanes of at least 4 members (excludes halogenated alkanes) is 3. The fraction of sp³-hybridized carbons (Fsp3) is 0.571. The molecule has 6 nitrogen and oxygen atoms in total. The van der Waals surface area contributed by atoms with Crippen LogP contribution >= 0.6 is 35.7 Å². The van der Waals surface area contributed by atoms with Crippen LogP contribution in [0.1, 0.15) is 70.3 Å². The molecule has 1 aromatic heterocycles. The first-order valence-electron chi connectivity index (χ1n) is 12.8. The molecule has 0 bridgehead atoms. The minimum Gasteiger partial charge on any atom is -0.498 e. The number of allylic oxidation sites excluding steroid dienone is 4. The lowest BCUT2D eigenvalue weighted by atomic mass is 10.1. The van der Waals surface area contributed by atoms with Crippen LogP contribution in [0.3, 0.4) is 0 Å². The number of hydrogen-bond acceptors (Lipinski definition) is 8. The molecule has 0 saturated carbocycles. The monoisotopic (exact) mass is 563 g/mol. The van der Waals surface area contributed by atoms with Gasteiger partial charge in [0.05, 0.1) is 47.9 Å². The van der Waals surface area contributed by atoms with E-state index in [0.717, 1.165) is 67.3 Å². The van der Waals surface area contributed by atoms with Gasteiger partial charge >= 0.3 is 0 Å². The molecule has 0 aliphatic carbocycles. The van der Waals surface area contributed by atoms with Crippen molar-refractivity contribution in [2.24, 2.45) is 10.3 Å². The number of nitriles is 1. The quantitative estimate of drug-likeness (QED) is 0.0452. The number of nitrogens with one attached hydrogen (secondary N) is 2. The molecule has 0 aliphatic rings. The number of thioether (sulfide) groups is 2. The third-order valence-corrected chi connectivity index (χ3v) is 8.32. The Balaban J connectivity index is 3.18. The predicted octanol–water partition coefficient (Wildman–Crippen LogP) is 7.44. The predicted molar refractivity (Wildman–Crippen MR) is 167 cm³/mol. The van der Waals surface area contributed by atoms with Crippen molar-refractivity contribution in [3.05, 3.63) is 47.5 Å². The third kappa shape index (κ3) is 11.3. The summed E-state index contributed by atoms with van der Waals surface area (Å²) in [6.07, 6.45) is 14.5. The molecule has 1 rings (SSSR count). The van der Waals surface area contributed by atoms with Gasteiger partial charge < -0.3 is 14.6 Å². The first kappa shape index (κ1) is 33.3. The van der Waals surface area contributed by atoms with E-state index in [9.17, 15) is 5.26 Å². The molecule has 9 heteroatoms. The molecule has 1 aromatic rings. The number of ether oxygens (including phenoxy) is 1. The second kappa shape index (κ2) is 19.4. The average molecular weight is 564 g/mol. The van der Waals surface area contributed by atoms with E-state index in [1.54, 1.807) is 11.8 Å². The summed E-state index contributed by atoms with van der Waals surface area (Å²) in [7, 11) is 3.77. The Hall–Kier alpha value is -1.73. The molecule has 0 aliphatic heterocycles. The Morgan fingerprint density at radius 3 is 2.59 bits per heavy atom. The minimum absolute atomic E-state index is 0.0541. The van der Waals surface area contributed by atoms with E-state index >= 15 is 0 Å². The average Bonchev–Trinajstić information content (AvgIpc) is 3.17. The molecule has 0 saturated heterocycles. The number of hydrogen-bond donors (Lipinski definition) is 2. The summed E-state index contributed by atoms with van der Waals surface area (Å²) in [5, 5.41) is 12.9. The molecule has 37 heavy (non-hydrogen) atoms. The SMILES string of the molecule is C=C(NC)c1c(C=NSNC)c(SC(C)[C@H](C)C#N)c(CSC)n1CCCCCCO/C(C)=C/C=C\C. The van der Waals surface area contributed by atoms with Gasteiger partial charge in [0, 0.05) is 47.0 Å². The largest absolute Gasteiger partial charge is 0.498 e. The summed E-state index contributed by atoms with van der Waals surface area (Å²) in [6, 6.07) is 2.41. The minimum atomic E-state index is -0.0541. The Bertz CT molecular complexity index is 962. The number of nitrogens with zero attached hydrogens (tertiary/aromatic N) is 3. The molecule has 0 aromatic carbocycles. The molecule has 2 atom stereocenters. The van der Waals surface area contributed by atoms with Crippen LogP contribution in [-0.2, 0) is 17.0 Å². The lowest BCUT2D eigenvalue weighted by Gasteiger charge is -2.16. The maximum absolute atomic E-state index is 9.51. The summed E-state index contributed by atoms with van der Waals surface area (Å²) in [4.78, 5) is 1.20. The summed E-state index contributed by atoms with van der Waals surface area (Å²) < 4.78 is 15.8. The van der Waals surface area contributed by atoms with Gasteiger partial charge in [-0.25, -0.2) is 9.12 Å². The lowest BCUT2D eigenvalue weighted by Crippen LogP contribution is -2.13. The van der Waals surface area contributed by atoms with Crippen LogP contribution < -0.4 is 10.0 Å². The fourth-order valence-corrected chi connectivity index (χ4v) is 5.81. The van der Waals surface area contributed by atoms with Gasteiger partial charge in [-0.3, -0.25) is 0 Å². The van der Waals surface area contributed by atoms with Crippen molar-refractivity contribution >= 4 is 47.6 Å². The van der Waals surface area contributed by atoms with E-state index in [2.05, 4.69) is 44.8 Å². The molecule has 206 valence electrons. The fourth-order valence-electron chi connectivity index (χ4n) is 3.65. The Labute approximate surface area is 238 Å². The standard InChI is InChI=1S/C28H45N5OS3/c1-9-10-15-22(3)34-17-14-12-11-13-16-33-26(20-35-8)28(36-24(5)21(2)18-29)25(19-32-37-31-7)27(33)23(4)30-6/h9-10,15,19,21,24,30-31H,4,11-14,16-17,20H2,1-3,5-8H3/b10-9-,22-15+,32-19?/t21-,24?/m1/s1. The van der Waals surface area contributed by atoms with Crippen LogP contribution in [0.2, 0.25) is 0 Å². The molecule has 0 radical (unpaired) electrons. The smallest absolute Gasteiger partial charge is 0.0928 e. The summed E-state index contributed by atoms with van der Waals surface area (Å²) in [5.74, 6) is 1.79. The Morgan fingerprint density at radius 2 is 1.97 bits per heavy atom. The van der Waals surface area contributed by atoms with Crippen molar-refractivity contribution < 1.29 is 4.74 Å². The summed E-state index contributed by atoms with van der Waals surface area (Å²) >= 11 is 4.90. The van der Waals surface area contributed by atoms with Gasteiger partial charge in [0.2, 0.25) is 0 Å². The van der Waals surface area contributed by atoms with Crippen LogP contribution in [-0.4, -0.2) is 43.0 Å². The van der Waals surface area contributed by atoms with Crippen LogP contribution in [0.25, 0.3) is 5.70 Å². The molecule has 1 heterocycles. The summed E-state index contributed by atoms with van der Waals surface area (Å²) in [5.41, 5.74) is 4.32. The zero-order valence-electron chi connectivity index (χ0n) is 23.6. The van der Waals surface area contributed by atoms with E-state index in [1.165, 1.54) is 22.7 Å². The Kier molecular flexibility index (Phi) is 17.4. The van der Waals surface area contributed by atoms with Gasteiger partial charge in [0.25, 0.3) is 0 Å². The van der Waals surface area contributed by atoms with Crippen molar-refractivity contribution in [1.29, 1.82) is 5.26 Å². The molecule has 2 N–H and O–H groups in total. The van der Waals surface area contributed by atoms with E-state index in [0.29, 0.717) is 0 Å². The third-order valence-electron chi connectivity index (χ3n) is 5.89. The first-order valence-corrected chi connectivity index (χ1v) is 15.9. The van der Waals surface area contributed by atoms with Crippen molar-refractivity contribution in [3.8, 4) is 6.07 Å². The van der Waals surface area contributed by atoms with Gasteiger partial charge in [0.15, 0.2) is 0 Å². The molecule has 0 fully saturated rings. The second-order valence-corrected chi connectivity index (χ2v) is 11.7. The highest BCUT2D eigenvalue weighted by Gasteiger charge is 2.26. The molecular formula is C28H45N5OS3. The lowest BCUT2D eigenvalue weighted by molar-refractivity contribution is 0.207. The highest BCUT2D eigenvalue weighted by molar-refractivity contribution is 8.00. The zero-order valence-corrected chi connectivity index (χ0v) is 26.0. The second-order valence-electron chi connectivity index (χ2n) is 8.69. The molecule has 0 spiro atoms. The van der Waals surface area contributed by atoms with Gasteiger partial charge in [-0.05, 0) is 53.0 Å². The highest BCUT2D eigenvalue weighted by atomic mass is 32.2. The Morgan fingerprint density at radius 1 is 1.24 bits per heavy atom. The van der Waals surface area contributed by atoms with E-state index in [4.69, 9.17) is 4.74 Å². The van der Waals surface area contributed by atoms with Crippen LogP contribution in [0, 0.1) is 17.2 Å². The topological polar surface area (TPSA) is 74.4 Å². The van der Waals surface area contributed by atoms with E-state index in [1.807, 2.05) is 71.1 Å². The van der Waals surface area contributed by atoms with Gasteiger partial charge in [-0.2, -0.15) is 17.0 Å².